The lowest BCUT2D eigenvalue weighted by atomic mass is 9.44. The van der Waals surface area contributed by atoms with Crippen LogP contribution in [0, 0.1) is 22.7 Å². The maximum atomic E-state index is 9.21. The molecule has 2 rings (SSSR count). The van der Waals surface area contributed by atoms with E-state index in [0.717, 1.165) is 25.7 Å². The molecule has 0 N–H and O–H groups in total. The van der Waals surface area contributed by atoms with Gasteiger partial charge in [-0.05, 0) is 79.2 Å². The predicted octanol–water partition coefficient (Wildman–Crippen LogP) is 7.33. The minimum atomic E-state index is -0.307. The van der Waals surface area contributed by atoms with Gasteiger partial charge in [-0.25, -0.2) is 0 Å². The summed E-state index contributed by atoms with van der Waals surface area (Å²) in [6.07, 6.45) is 9.91. The Morgan fingerprint density at radius 2 is 1.85 bits per heavy atom. The molecule has 0 saturated heterocycles. The van der Waals surface area contributed by atoms with Gasteiger partial charge in [0.15, 0.2) is 0 Å². The molecule has 0 bridgehead atoms. The van der Waals surface area contributed by atoms with Crippen LogP contribution in [0.4, 0.5) is 0 Å². The highest BCUT2D eigenvalue weighted by atomic mass is 15.2. The Morgan fingerprint density at radius 3 is 2.50 bits per heavy atom. The van der Waals surface area contributed by atoms with Gasteiger partial charge in [-0.3, -0.25) is 0 Å². The fourth-order valence-electron chi connectivity index (χ4n) is 6.19. The molecule has 0 aromatic carbocycles. The minimum Gasteiger partial charge on any atom is -0.0899 e. The average Bonchev–Trinajstić information content (AvgIpc) is 2.53. The fraction of sp³-hybridized carbons (Fsp3) is 0.900. The lowest BCUT2D eigenvalue weighted by Gasteiger charge is -2.61. The van der Waals surface area contributed by atoms with E-state index in [9.17, 15) is 5.53 Å². The lowest BCUT2D eigenvalue weighted by molar-refractivity contribution is -0.103. The standard InChI is InChI=1S/C20H34N6/c1-15(10-14-23-25-21)7-8-17-19(4)12-6-11-18(2,3)16(19)9-13-20(17,5)24-26-22/h10,16-17H,6-9,11-14H2,1-5H3/b15-10+/t16-,17+,19-,20+/m0/s1. The molecule has 6 nitrogen and oxygen atoms in total. The Labute approximate surface area is 157 Å². The normalized spacial score (nSPS) is 36.4. The van der Waals surface area contributed by atoms with Crippen LogP contribution in [0.5, 0.6) is 0 Å². The number of azide groups is 2. The van der Waals surface area contributed by atoms with Crippen LogP contribution in [0.15, 0.2) is 21.9 Å². The molecule has 2 aliphatic rings. The maximum Gasteiger partial charge on any atom is 0.0493 e. The van der Waals surface area contributed by atoms with Crippen molar-refractivity contribution in [2.24, 2.45) is 32.9 Å². The highest BCUT2D eigenvalue weighted by Crippen LogP contribution is 2.63. The van der Waals surface area contributed by atoms with Crippen molar-refractivity contribution in [2.45, 2.75) is 85.1 Å². The van der Waals surface area contributed by atoms with Gasteiger partial charge in [-0.1, -0.05) is 56.0 Å². The maximum absolute atomic E-state index is 9.21. The number of fused-ring (bicyclic) bond motifs is 1. The molecule has 2 fully saturated rings. The molecule has 2 saturated carbocycles. The number of allylic oxidation sites excluding steroid dienone is 1. The molecule has 0 amide bonds. The van der Waals surface area contributed by atoms with E-state index in [1.807, 2.05) is 6.08 Å². The number of hydrogen-bond donors (Lipinski definition) is 0. The summed E-state index contributed by atoms with van der Waals surface area (Å²) in [6.45, 7) is 12.0. The minimum absolute atomic E-state index is 0.216. The highest BCUT2D eigenvalue weighted by molar-refractivity contribution is 5.11. The van der Waals surface area contributed by atoms with Crippen molar-refractivity contribution in [3.05, 3.63) is 32.5 Å². The molecule has 4 atom stereocenters. The van der Waals surface area contributed by atoms with Crippen molar-refractivity contribution in [1.82, 2.24) is 0 Å². The van der Waals surface area contributed by atoms with Crippen LogP contribution in [0.25, 0.3) is 20.9 Å². The molecule has 144 valence electrons. The van der Waals surface area contributed by atoms with Gasteiger partial charge in [0.25, 0.3) is 0 Å². The van der Waals surface area contributed by atoms with E-state index in [1.165, 1.54) is 24.8 Å². The molecule has 6 heteroatoms. The quantitative estimate of drug-likeness (QED) is 0.205. The Kier molecular flexibility index (Phi) is 6.31. The molecule has 0 aromatic heterocycles. The van der Waals surface area contributed by atoms with Crippen LogP contribution in [0.1, 0.15) is 79.6 Å². The lowest BCUT2D eigenvalue weighted by Crippen LogP contribution is -2.56. The molecule has 0 aliphatic heterocycles. The Balaban J connectivity index is 2.29. The summed E-state index contributed by atoms with van der Waals surface area (Å²) >= 11 is 0. The van der Waals surface area contributed by atoms with Gasteiger partial charge in [0, 0.05) is 21.9 Å². The summed E-state index contributed by atoms with van der Waals surface area (Å²) in [4.78, 5) is 6.04. The average molecular weight is 359 g/mol. The van der Waals surface area contributed by atoms with Gasteiger partial charge in [0.05, 0.1) is 0 Å². The Morgan fingerprint density at radius 1 is 1.12 bits per heavy atom. The molecule has 2 aliphatic carbocycles. The molecule has 0 unspecified atom stereocenters. The van der Waals surface area contributed by atoms with Crippen LogP contribution in [0.3, 0.4) is 0 Å². The zero-order chi connectivity index (χ0) is 19.4. The second-order valence-electron chi connectivity index (χ2n) is 9.54. The second kappa shape index (κ2) is 7.94. The SMILES string of the molecule is C/C(=C\CN=[N+]=[N-])CC[C@@H]1[C@@]2(C)CCCC(C)(C)[C@@H]2CC[C@@]1(C)N=[N+]=[N-]. The van der Waals surface area contributed by atoms with E-state index in [1.54, 1.807) is 0 Å². The number of rotatable bonds is 6. The van der Waals surface area contributed by atoms with Gasteiger partial charge < -0.3 is 0 Å². The van der Waals surface area contributed by atoms with Crippen molar-refractivity contribution in [1.29, 1.82) is 0 Å². The first-order chi connectivity index (χ1) is 12.2. The first kappa shape index (κ1) is 20.7. The van der Waals surface area contributed by atoms with E-state index >= 15 is 0 Å². The summed E-state index contributed by atoms with van der Waals surface area (Å²) in [5.41, 5.74) is 19.2. The fourth-order valence-corrected chi connectivity index (χ4v) is 6.19. The van der Waals surface area contributed by atoms with Crippen LogP contribution in [-0.2, 0) is 0 Å². The number of hydrogen-bond acceptors (Lipinski definition) is 2. The molecule has 26 heavy (non-hydrogen) atoms. The molecule has 0 heterocycles. The predicted molar refractivity (Wildman–Crippen MR) is 107 cm³/mol. The zero-order valence-electron chi connectivity index (χ0n) is 17.1. The second-order valence-corrected chi connectivity index (χ2v) is 9.54. The topological polar surface area (TPSA) is 97.5 Å². The highest BCUT2D eigenvalue weighted by Gasteiger charge is 2.57. The van der Waals surface area contributed by atoms with Crippen molar-refractivity contribution in [3.63, 3.8) is 0 Å². The Bertz CT molecular complexity index is 641. The molecule has 0 spiro atoms. The van der Waals surface area contributed by atoms with Crippen molar-refractivity contribution >= 4 is 0 Å². The van der Waals surface area contributed by atoms with Gasteiger partial charge in [-0.15, -0.1) is 0 Å². The Hall–Kier alpha value is -1.64. The monoisotopic (exact) mass is 358 g/mol. The van der Waals surface area contributed by atoms with E-state index in [0.29, 0.717) is 23.8 Å². The van der Waals surface area contributed by atoms with E-state index < -0.39 is 0 Å². The summed E-state index contributed by atoms with van der Waals surface area (Å²) < 4.78 is 0. The largest absolute Gasteiger partial charge is 0.0899 e. The zero-order valence-corrected chi connectivity index (χ0v) is 17.1. The third-order valence-electron chi connectivity index (χ3n) is 7.45. The van der Waals surface area contributed by atoms with Gasteiger partial charge in [0.1, 0.15) is 0 Å². The van der Waals surface area contributed by atoms with Crippen LogP contribution >= 0.6 is 0 Å². The third-order valence-corrected chi connectivity index (χ3v) is 7.45. The van der Waals surface area contributed by atoms with Crippen molar-refractivity contribution in [2.75, 3.05) is 6.54 Å². The molecule has 0 aromatic rings. The molecule has 0 radical (unpaired) electrons. The van der Waals surface area contributed by atoms with Gasteiger partial charge in [-0.2, -0.15) is 0 Å². The van der Waals surface area contributed by atoms with E-state index in [4.69, 9.17) is 5.53 Å². The van der Waals surface area contributed by atoms with Gasteiger partial charge >= 0.3 is 0 Å². The van der Waals surface area contributed by atoms with E-state index in [2.05, 4.69) is 54.7 Å². The summed E-state index contributed by atoms with van der Waals surface area (Å²) in [5.74, 6) is 1.07. The van der Waals surface area contributed by atoms with Crippen molar-refractivity contribution in [3.8, 4) is 0 Å². The first-order valence-electron chi connectivity index (χ1n) is 9.92. The van der Waals surface area contributed by atoms with Crippen LogP contribution in [0.2, 0.25) is 0 Å². The smallest absolute Gasteiger partial charge is 0.0493 e. The van der Waals surface area contributed by atoms with Gasteiger partial charge in [0.2, 0.25) is 0 Å². The number of nitrogens with zero attached hydrogens (tertiary/aromatic N) is 6. The molecular weight excluding hydrogens is 324 g/mol. The van der Waals surface area contributed by atoms with Crippen LogP contribution < -0.4 is 0 Å². The van der Waals surface area contributed by atoms with Crippen molar-refractivity contribution < 1.29 is 0 Å². The van der Waals surface area contributed by atoms with E-state index in [-0.39, 0.29) is 11.0 Å². The summed E-state index contributed by atoms with van der Waals surface area (Å²) in [5, 5.41) is 7.93. The summed E-state index contributed by atoms with van der Waals surface area (Å²) in [7, 11) is 0. The first-order valence-corrected chi connectivity index (χ1v) is 9.92. The summed E-state index contributed by atoms with van der Waals surface area (Å²) in [6, 6.07) is 0. The van der Waals surface area contributed by atoms with Crippen LogP contribution in [-0.4, -0.2) is 12.1 Å². The molecular formula is C20H34N6. The third kappa shape index (κ3) is 4.02.